The highest BCUT2D eigenvalue weighted by Crippen LogP contribution is 2.27. The second-order valence-electron chi connectivity index (χ2n) is 5.26. The lowest BCUT2D eigenvalue weighted by atomic mass is 10.1. The number of carbonyl (C=O) groups excluding carboxylic acids is 2. The van der Waals surface area contributed by atoms with E-state index in [4.69, 9.17) is 16.3 Å². The number of hydrogen-bond acceptors (Lipinski definition) is 5. The number of carbonyl (C=O) groups is 2. The highest BCUT2D eigenvalue weighted by molar-refractivity contribution is 6.34. The molecule has 24 heavy (non-hydrogen) atoms. The smallest absolute Gasteiger partial charge is 0.342 e. The van der Waals surface area contributed by atoms with Crippen molar-refractivity contribution in [2.45, 2.75) is 13.8 Å². The van der Waals surface area contributed by atoms with Gasteiger partial charge in [-0.1, -0.05) is 17.7 Å². The predicted molar refractivity (Wildman–Crippen MR) is 89.6 cm³/mol. The summed E-state index contributed by atoms with van der Waals surface area (Å²) in [6, 6.07) is 7.01. The van der Waals surface area contributed by atoms with Crippen LogP contribution in [-0.2, 0) is 9.53 Å². The molecule has 0 heterocycles. The minimum Gasteiger partial charge on any atom is -0.508 e. The molecule has 0 unspecified atom stereocenters. The molecule has 0 aromatic heterocycles. The zero-order valence-corrected chi connectivity index (χ0v) is 13.8. The van der Waals surface area contributed by atoms with Crippen LogP contribution in [0.4, 0.5) is 5.69 Å². The molecule has 126 valence electrons. The van der Waals surface area contributed by atoms with E-state index >= 15 is 0 Å². The molecule has 3 N–H and O–H groups in total. The molecular formula is C17H16ClNO5. The van der Waals surface area contributed by atoms with Gasteiger partial charge in [-0.25, -0.2) is 4.79 Å². The predicted octanol–water partition coefficient (Wildman–Crippen LogP) is 3.16. The molecule has 0 spiro atoms. The lowest BCUT2D eigenvalue weighted by molar-refractivity contribution is -0.119. The molecule has 0 aliphatic rings. The summed E-state index contributed by atoms with van der Waals surface area (Å²) in [4.78, 5) is 23.8. The summed E-state index contributed by atoms with van der Waals surface area (Å²) in [6.07, 6.45) is 0. The van der Waals surface area contributed by atoms with Crippen molar-refractivity contribution in [1.82, 2.24) is 0 Å². The van der Waals surface area contributed by atoms with Gasteiger partial charge in [0.2, 0.25) is 0 Å². The third-order valence-corrected chi connectivity index (χ3v) is 3.53. The van der Waals surface area contributed by atoms with E-state index in [2.05, 4.69) is 5.32 Å². The summed E-state index contributed by atoms with van der Waals surface area (Å²) in [5.41, 5.74) is 2.06. The van der Waals surface area contributed by atoms with Gasteiger partial charge in [-0.3, -0.25) is 4.79 Å². The Morgan fingerprint density at radius 2 is 1.88 bits per heavy atom. The van der Waals surface area contributed by atoms with E-state index in [0.29, 0.717) is 10.7 Å². The number of aryl methyl sites for hydroxylation is 2. The summed E-state index contributed by atoms with van der Waals surface area (Å²) in [7, 11) is 0. The Morgan fingerprint density at radius 3 is 2.50 bits per heavy atom. The molecule has 6 nitrogen and oxygen atoms in total. The number of benzene rings is 2. The van der Waals surface area contributed by atoms with Crippen molar-refractivity contribution in [1.29, 1.82) is 0 Å². The summed E-state index contributed by atoms with van der Waals surface area (Å²) >= 11 is 6.09. The van der Waals surface area contributed by atoms with E-state index in [0.717, 1.165) is 17.2 Å². The van der Waals surface area contributed by atoms with Crippen LogP contribution in [-0.4, -0.2) is 28.7 Å². The van der Waals surface area contributed by atoms with Crippen LogP contribution in [0.1, 0.15) is 21.5 Å². The average molecular weight is 350 g/mol. The van der Waals surface area contributed by atoms with Crippen LogP contribution in [0.3, 0.4) is 0 Å². The number of rotatable bonds is 4. The van der Waals surface area contributed by atoms with Gasteiger partial charge in [-0.2, -0.15) is 0 Å². The molecule has 2 aromatic rings. The number of phenols is 2. The van der Waals surface area contributed by atoms with Crippen LogP contribution in [0.25, 0.3) is 0 Å². The quantitative estimate of drug-likeness (QED) is 0.737. The SMILES string of the molecule is Cc1cc(C)c(NC(=O)COC(=O)c2ccc(O)cc2O)c(Cl)c1. The first-order valence-electron chi connectivity index (χ1n) is 7.03. The summed E-state index contributed by atoms with van der Waals surface area (Å²) in [5, 5.41) is 21.7. The number of ether oxygens (including phenoxy) is 1. The van der Waals surface area contributed by atoms with Gasteiger partial charge in [0.25, 0.3) is 5.91 Å². The van der Waals surface area contributed by atoms with Gasteiger partial charge in [0.1, 0.15) is 17.1 Å². The maximum Gasteiger partial charge on any atom is 0.342 e. The first kappa shape index (κ1) is 17.6. The minimum absolute atomic E-state index is 0.148. The average Bonchev–Trinajstić information content (AvgIpc) is 2.48. The van der Waals surface area contributed by atoms with Crippen molar-refractivity contribution in [3.05, 3.63) is 52.0 Å². The van der Waals surface area contributed by atoms with E-state index in [-0.39, 0.29) is 11.3 Å². The van der Waals surface area contributed by atoms with Crippen molar-refractivity contribution < 1.29 is 24.5 Å². The normalized spacial score (nSPS) is 10.3. The van der Waals surface area contributed by atoms with Crippen LogP contribution in [0, 0.1) is 13.8 Å². The third-order valence-electron chi connectivity index (χ3n) is 3.23. The lowest BCUT2D eigenvalue weighted by Gasteiger charge is -2.12. The number of halogens is 1. The summed E-state index contributed by atoms with van der Waals surface area (Å²) in [6.45, 7) is 3.15. The van der Waals surface area contributed by atoms with Gasteiger partial charge in [-0.05, 0) is 43.2 Å². The van der Waals surface area contributed by atoms with Gasteiger partial charge in [0.15, 0.2) is 6.61 Å². The first-order valence-corrected chi connectivity index (χ1v) is 7.41. The molecule has 0 radical (unpaired) electrons. The molecule has 7 heteroatoms. The van der Waals surface area contributed by atoms with Crippen molar-refractivity contribution in [3.8, 4) is 11.5 Å². The largest absolute Gasteiger partial charge is 0.508 e. The van der Waals surface area contributed by atoms with Gasteiger partial charge < -0.3 is 20.3 Å². The van der Waals surface area contributed by atoms with Crippen molar-refractivity contribution in [2.24, 2.45) is 0 Å². The fourth-order valence-electron chi connectivity index (χ4n) is 2.15. The van der Waals surface area contributed by atoms with Gasteiger partial charge in [-0.15, -0.1) is 0 Å². The van der Waals surface area contributed by atoms with E-state index < -0.39 is 24.2 Å². The number of aromatic hydroxyl groups is 2. The van der Waals surface area contributed by atoms with Crippen LogP contribution in [0.2, 0.25) is 5.02 Å². The number of anilines is 1. The molecule has 0 atom stereocenters. The molecule has 0 aliphatic heterocycles. The molecule has 0 saturated heterocycles. The number of nitrogens with one attached hydrogen (secondary N) is 1. The Labute approximate surface area is 143 Å². The minimum atomic E-state index is -0.880. The molecule has 0 bridgehead atoms. The number of amides is 1. The van der Waals surface area contributed by atoms with E-state index in [1.165, 1.54) is 12.1 Å². The molecule has 0 fully saturated rings. The van der Waals surface area contributed by atoms with Crippen LogP contribution in [0.15, 0.2) is 30.3 Å². The Balaban J connectivity index is 2.00. The van der Waals surface area contributed by atoms with Crippen molar-refractivity contribution in [3.63, 3.8) is 0 Å². The number of phenolic OH excluding ortho intramolecular Hbond substituents is 2. The van der Waals surface area contributed by atoms with Crippen LogP contribution >= 0.6 is 11.6 Å². The zero-order valence-electron chi connectivity index (χ0n) is 13.1. The molecular weight excluding hydrogens is 334 g/mol. The maximum atomic E-state index is 11.9. The van der Waals surface area contributed by atoms with Gasteiger partial charge in [0, 0.05) is 6.07 Å². The fourth-order valence-corrected chi connectivity index (χ4v) is 2.52. The highest BCUT2D eigenvalue weighted by Gasteiger charge is 2.16. The molecule has 2 aromatic carbocycles. The zero-order chi connectivity index (χ0) is 17.9. The monoisotopic (exact) mass is 349 g/mol. The molecule has 2 rings (SSSR count). The van der Waals surface area contributed by atoms with Crippen molar-refractivity contribution in [2.75, 3.05) is 11.9 Å². The lowest BCUT2D eigenvalue weighted by Crippen LogP contribution is -2.21. The van der Waals surface area contributed by atoms with E-state index in [9.17, 15) is 19.8 Å². The molecule has 0 saturated carbocycles. The van der Waals surface area contributed by atoms with Crippen LogP contribution < -0.4 is 5.32 Å². The van der Waals surface area contributed by atoms with Crippen molar-refractivity contribution >= 4 is 29.2 Å². The van der Waals surface area contributed by atoms with E-state index in [1.54, 1.807) is 13.0 Å². The Morgan fingerprint density at radius 1 is 1.17 bits per heavy atom. The number of hydrogen-bond donors (Lipinski definition) is 3. The summed E-state index contributed by atoms with van der Waals surface area (Å²) in [5.74, 6) is -2.06. The Bertz CT molecular complexity index is 781. The second kappa shape index (κ2) is 7.23. The maximum absolute atomic E-state index is 11.9. The van der Waals surface area contributed by atoms with Crippen LogP contribution in [0.5, 0.6) is 11.5 Å². The van der Waals surface area contributed by atoms with Gasteiger partial charge in [0.05, 0.1) is 10.7 Å². The van der Waals surface area contributed by atoms with E-state index in [1.807, 2.05) is 13.0 Å². The standard InChI is InChI=1S/C17H16ClNO5/c1-9-5-10(2)16(13(18)6-9)19-15(22)8-24-17(23)12-4-3-11(20)7-14(12)21/h3-7,20-21H,8H2,1-2H3,(H,19,22). The number of esters is 1. The second-order valence-corrected chi connectivity index (χ2v) is 5.67. The first-order chi connectivity index (χ1) is 11.3. The molecule has 1 amide bonds. The molecule has 0 aliphatic carbocycles. The fraction of sp³-hybridized carbons (Fsp3) is 0.176. The Kier molecular flexibility index (Phi) is 5.31. The Hall–Kier alpha value is -2.73. The van der Waals surface area contributed by atoms with Gasteiger partial charge >= 0.3 is 5.97 Å². The summed E-state index contributed by atoms with van der Waals surface area (Å²) < 4.78 is 4.85. The topological polar surface area (TPSA) is 95.9 Å². The highest BCUT2D eigenvalue weighted by atomic mass is 35.5. The third kappa shape index (κ3) is 4.17.